The Bertz CT molecular complexity index is 185. The van der Waals surface area contributed by atoms with Gasteiger partial charge in [-0.1, -0.05) is 26.7 Å². The van der Waals surface area contributed by atoms with Crippen molar-refractivity contribution in [2.75, 3.05) is 13.1 Å². The molecule has 6 heteroatoms. The molecule has 13 heavy (non-hydrogen) atoms. The van der Waals surface area contributed by atoms with Crippen LogP contribution in [0.2, 0.25) is 0 Å². The fraction of sp³-hybridized carbons (Fsp3) is 0.714. The zero-order valence-electron chi connectivity index (χ0n) is 7.76. The summed E-state index contributed by atoms with van der Waals surface area (Å²) in [7, 11) is 0. The molecule has 0 aliphatic carbocycles. The highest BCUT2D eigenvalue weighted by Crippen LogP contribution is 1.74. The lowest BCUT2D eigenvalue weighted by molar-refractivity contribution is -0.124. The van der Waals surface area contributed by atoms with E-state index in [0.29, 0.717) is 0 Å². The topological polar surface area (TPSA) is 70.2 Å². The zero-order valence-corrected chi connectivity index (χ0v) is 8.65. The fourth-order valence-electron chi connectivity index (χ4n) is 0.578. The summed E-state index contributed by atoms with van der Waals surface area (Å²) in [4.78, 5) is 21.6. The molecule has 0 bridgehead atoms. The van der Waals surface area contributed by atoms with Crippen LogP contribution in [0.5, 0.6) is 0 Å². The number of nitrogens with one attached hydrogen (secondary N) is 3. The normalized spacial score (nSPS) is 9.85. The molecule has 0 aromatic heterocycles. The van der Waals surface area contributed by atoms with E-state index in [9.17, 15) is 9.59 Å². The van der Waals surface area contributed by atoms with Gasteiger partial charge in [-0.05, 0) is 0 Å². The van der Waals surface area contributed by atoms with Gasteiger partial charge in [-0.25, -0.2) is 0 Å². The summed E-state index contributed by atoms with van der Waals surface area (Å²) in [6.45, 7) is 4.06. The van der Waals surface area contributed by atoms with Crippen molar-refractivity contribution in [1.29, 1.82) is 0 Å². The molecule has 0 radical (unpaired) electrons. The van der Waals surface area contributed by atoms with E-state index in [2.05, 4.69) is 28.2 Å². The number of carbonyl (C=O) groups is 2. The van der Waals surface area contributed by atoms with Crippen LogP contribution in [-0.2, 0) is 9.59 Å². The Labute approximate surface area is 83.2 Å². The second kappa shape index (κ2) is 6.73. The Morgan fingerprint density at radius 3 is 2.31 bits per heavy atom. The molecule has 2 amide bonds. The summed E-state index contributed by atoms with van der Waals surface area (Å²) < 4.78 is 2.11. The van der Waals surface area contributed by atoms with E-state index < -0.39 is 0 Å². The van der Waals surface area contributed by atoms with E-state index in [1.807, 2.05) is 13.8 Å². The van der Waals surface area contributed by atoms with Gasteiger partial charge in [0.1, 0.15) is 0 Å². The molecule has 0 aromatic carbocycles. The Balaban J connectivity index is 3.46. The third kappa shape index (κ3) is 7.61. The van der Waals surface area contributed by atoms with Crippen LogP contribution >= 0.6 is 12.8 Å². The van der Waals surface area contributed by atoms with Gasteiger partial charge in [0.05, 0.1) is 13.1 Å². The Morgan fingerprint density at radius 1 is 1.23 bits per heavy atom. The Hall–Kier alpha value is -0.750. The first kappa shape index (κ1) is 12.2. The van der Waals surface area contributed by atoms with Gasteiger partial charge in [0, 0.05) is 6.04 Å². The van der Waals surface area contributed by atoms with Crippen molar-refractivity contribution in [2.24, 2.45) is 0 Å². The van der Waals surface area contributed by atoms with Gasteiger partial charge < -0.3 is 15.4 Å². The third-order valence-corrected chi connectivity index (χ3v) is 1.49. The van der Waals surface area contributed by atoms with E-state index in [-0.39, 0.29) is 30.9 Å². The molecule has 0 heterocycles. The third-order valence-electron chi connectivity index (χ3n) is 1.24. The van der Waals surface area contributed by atoms with E-state index in [1.54, 1.807) is 0 Å². The molecule has 5 nitrogen and oxygen atoms in total. The predicted molar refractivity (Wildman–Crippen MR) is 53.3 cm³/mol. The van der Waals surface area contributed by atoms with E-state index in [1.165, 1.54) is 0 Å². The molecule has 0 aromatic rings. The monoisotopic (exact) mass is 205 g/mol. The maximum Gasteiger partial charge on any atom is 0.249 e. The van der Waals surface area contributed by atoms with Gasteiger partial charge in [-0.3, -0.25) is 9.59 Å². The van der Waals surface area contributed by atoms with Crippen molar-refractivity contribution in [2.45, 2.75) is 19.9 Å². The second-order valence-electron chi connectivity index (χ2n) is 2.85. The van der Waals surface area contributed by atoms with Crippen LogP contribution < -0.4 is 15.4 Å². The van der Waals surface area contributed by atoms with Gasteiger partial charge in [0.2, 0.25) is 11.8 Å². The van der Waals surface area contributed by atoms with Crippen LogP contribution in [0.25, 0.3) is 0 Å². The minimum atomic E-state index is -0.332. The smallest absolute Gasteiger partial charge is 0.249 e. The molecule has 0 fully saturated rings. The number of amides is 2. The van der Waals surface area contributed by atoms with Crippen molar-refractivity contribution in [1.82, 2.24) is 15.4 Å². The average molecular weight is 205 g/mol. The summed E-state index contributed by atoms with van der Waals surface area (Å²) in [5, 5.41) is 5.35. The molecule has 3 N–H and O–H groups in total. The molecule has 0 spiro atoms. The van der Waals surface area contributed by atoms with Crippen LogP contribution in [-0.4, -0.2) is 30.9 Å². The maximum atomic E-state index is 11.0. The number of rotatable bonds is 5. The quantitative estimate of drug-likeness (QED) is 0.438. The van der Waals surface area contributed by atoms with Crippen molar-refractivity contribution in [3.63, 3.8) is 0 Å². The van der Waals surface area contributed by atoms with Crippen LogP contribution in [0.1, 0.15) is 13.8 Å². The molecule has 0 atom stereocenters. The molecular weight excluding hydrogens is 190 g/mol. The number of carbonyl (C=O) groups excluding carboxylic acids is 2. The molecule has 0 saturated carbocycles. The van der Waals surface area contributed by atoms with E-state index >= 15 is 0 Å². The number of hydrogen-bond acceptors (Lipinski definition) is 4. The molecule has 0 aliphatic heterocycles. The van der Waals surface area contributed by atoms with Gasteiger partial charge in [0.25, 0.3) is 0 Å². The summed E-state index contributed by atoms with van der Waals surface area (Å²) in [6, 6.07) is 0.254. The predicted octanol–water partition coefficient (Wildman–Crippen LogP) is -0.938. The summed E-state index contributed by atoms with van der Waals surface area (Å²) in [5.41, 5.74) is 0. The fourth-order valence-corrected chi connectivity index (χ4v) is 0.657. The van der Waals surface area contributed by atoms with Crippen LogP contribution in [0.15, 0.2) is 0 Å². The van der Waals surface area contributed by atoms with Crippen molar-refractivity contribution >= 4 is 24.6 Å². The molecule has 0 saturated heterocycles. The lowest BCUT2D eigenvalue weighted by Gasteiger charge is -2.07. The number of hydrogen-bond donors (Lipinski definition) is 4. The highest BCUT2D eigenvalue weighted by Gasteiger charge is 2.03. The first-order valence-electron chi connectivity index (χ1n) is 3.99. The number of thiol groups is 1. The average Bonchev–Trinajstić information content (AvgIpc) is 2.10. The Kier molecular flexibility index (Phi) is 6.34. The van der Waals surface area contributed by atoms with Crippen molar-refractivity contribution in [3.05, 3.63) is 0 Å². The summed E-state index contributed by atoms with van der Waals surface area (Å²) in [5.74, 6) is -0.535. The lowest BCUT2D eigenvalue weighted by atomic mass is 10.4. The summed E-state index contributed by atoms with van der Waals surface area (Å²) in [6.07, 6.45) is 0. The van der Waals surface area contributed by atoms with Gasteiger partial charge in [-0.2, -0.15) is 0 Å². The molecule has 76 valence electrons. The molecule has 0 rings (SSSR count). The van der Waals surface area contributed by atoms with Gasteiger partial charge >= 0.3 is 0 Å². The first-order chi connectivity index (χ1) is 6.06. The highest BCUT2D eigenvalue weighted by molar-refractivity contribution is 7.78. The van der Waals surface area contributed by atoms with Crippen molar-refractivity contribution < 1.29 is 9.59 Å². The largest absolute Gasteiger partial charge is 0.346 e. The maximum absolute atomic E-state index is 11.0. The second-order valence-corrected chi connectivity index (χ2v) is 3.07. The van der Waals surface area contributed by atoms with Gasteiger partial charge in [-0.15, -0.1) is 0 Å². The van der Waals surface area contributed by atoms with E-state index in [4.69, 9.17) is 0 Å². The zero-order chi connectivity index (χ0) is 10.3. The van der Waals surface area contributed by atoms with E-state index in [0.717, 1.165) is 0 Å². The molecule has 0 aliphatic rings. The van der Waals surface area contributed by atoms with Crippen LogP contribution in [0.4, 0.5) is 0 Å². The minimum Gasteiger partial charge on any atom is -0.346 e. The van der Waals surface area contributed by atoms with Crippen molar-refractivity contribution in [3.8, 4) is 0 Å². The standard InChI is InChI=1S/C7H15N3O2S/c1-5(2)8-3-6(11)9-4-7(12)10-13/h5,8,13H,3-4H2,1-2H3,(H,9,11)(H,10,12). The van der Waals surface area contributed by atoms with Gasteiger partial charge in [0.15, 0.2) is 0 Å². The molecular formula is C7H15N3O2S. The van der Waals surface area contributed by atoms with Crippen LogP contribution in [0, 0.1) is 0 Å². The summed E-state index contributed by atoms with van der Waals surface area (Å²) >= 11 is 3.54. The highest BCUT2D eigenvalue weighted by atomic mass is 32.1. The first-order valence-corrected chi connectivity index (χ1v) is 4.44. The molecule has 0 unspecified atom stereocenters. The van der Waals surface area contributed by atoms with Crippen LogP contribution in [0.3, 0.4) is 0 Å². The Morgan fingerprint density at radius 2 is 1.85 bits per heavy atom. The lowest BCUT2D eigenvalue weighted by Crippen LogP contribution is -2.40. The SMILES string of the molecule is CC(C)NCC(=O)NCC(=O)NS. The minimum absolute atomic E-state index is 0.0396.